The van der Waals surface area contributed by atoms with Gasteiger partial charge in [0.05, 0.1) is 44.2 Å². The van der Waals surface area contributed by atoms with Crippen molar-refractivity contribution in [1.82, 2.24) is 0 Å². The van der Waals surface area contributed by atoms with Crippen LogP contribution >= 0.6 is 0 Å². The molecule has 420 valence electrons. The molecule has 0 aromatic heterocycles. The highest BCUT2D eigenvalue weighted by Crippen LogP contribution is 2.73. The minimum absolute atomic E-state index is 0.00917. The molecular weight excluding hydrogens is 961 g/mol. The monoisotopic (exact) mass is 1050 g/mol. The zero-order chi connectivity index (χ0) is 53.3. The highest BCUT2D eigenvalue weighted by atomic mass is 16.8. The fourth-order valence-corrected chi connectivity index (χ4v) is 15.2. The van der Waals surface area contributed by atoms with Gasteiger partial charge >= 0.3 is 0 Å². The lowest BCUT2D eigenvalue weighted by Crippen LogP contribution is -2.65. The number of aliphatic hydroxyl groups is 12. The predicted molar refractivity (Wildman–Crippen MR) is 253 cm³/mol. The smallest absolute Gasteiger partial charge is 0.187 e. The van der Waals surface area contributed by atoms with Crippen molar-refractivity contribution in [3.05, 3.63) is 11.6 Å². The van der Waals surface area contributed by atoms with Crippen LogP contribution in [0.3, 0.4) is 0 Å². The van der Waals surface area contributed by atoms with Crippen molar-refractivity contribution >= 4 is 6.29 Å². The Bertz CT molecular complexity index is 1890. The van der Waals surface area contributed by atoms with Crippen LogP contribution in [0.1, 0.15) is 106 Å². The molecule has 73 heavy (non-hydrogen) atoms. The molecule has 4 saturated heterocycles. The summed E-state index contributed by atoms with van der Waals surface area (Å²) in [7, 11) is 0. The van der Waals surface area contributed by atoms with Gasteiger partial charge in [-0.15, -0.1) is 0 Å². The Hall–Kier alpha value is -1.39. The van der Waals surface area contributed by atoms with Crippen molar-refractivity contribution in [2.45, 2.75) is 229 Å². The second-order valence-electron chi connectivity index (χ2n) is 24.3. The van der Waals surface area contributed by atoms with Crippen LogP contribution in [0.5, 0.6) is 0 Å². The lowest BCUT2D eigenvalue weighted by Gasteiger charge is -2.67. The molecule has 0 bridgehead atoms. The van der Waals surface area contributed by atoms with Crippen molar-refractivity contribution in [1.29, 1.82) is 0 Å². The lowest BCUT2D eigenvalue weighted by molar-refractivity contribution is -0.383. The van der Waals surface area contributed by atoms with Gasteiger partial charge < -0.3 is 104 Å². The average Bonchev–Trinajstić information content (AvgIpc) is 3.72. The molecule has 8 rings (SSSR count). The van der Waals surface area contributed by atoms with Gasteiger partial charge in [0.25, 0.3) is 0 Å². The largest absolute Gasteiger partial charge is 0.394 e. The summed E-state index contributed by atoms with van der Waals surface area (Å²) >= 11 is 0. The summed E-state index contributed by atoms with van der Waals surface area (Å²) < 4.78 is 48.7. The third kappa shape index (κ3) is 10.5. The van der Waals surface area contributed by atoms with E-state index in [-0.39, 0.29) is 53.6 Å². The highest BCUT2D eigenvalue weighted by molar-refractivity contribution is 5.55. The molecule has 4 aliphatic carbocycles. The summed E-state index contributed by atoms with van der Waals surface area (Å²) in [6.45, 7) is 12.9. The molecule has 12 N–H and O–H groups in total. The quantitative estimate of drug-likeness (QED) is 0.0539. The first-order valence-electron chi connectivity index (χ1n) is 26.7. The number of hydrogen-bond donors (Lipinski definition) is 12. The molecule has 0 aromatic carbocycles. The van der Waals surface area contributed by atoms with Gasteiger partial charge in [-0.1, -0.05) is 39.3 Å². The molecule has 8 fully saturated rings. The first-order valence-corrected chi connectivity index (χ1v) is 26.7. The van der Waals surface area contributed by atoms with Crippen molar-refractivity contribution < 1.29 is 104 Å². The second kappa shape index (κ2) is 22.4. The SMILES string of the molecule is CC(C)=CCC[C@@](O)(COC1O[C@@H](CO)[C@H](O)[C@@H](O)[C@@H]1O)[C@H]1CC[C@]2(C)[C@@H]1CC[C@@H]1C3C(C=O)C[C@H](O[C@@H]4OCC(O)[C@@H](O[C@@H]5OC[C@@H](O)[C@H](O)[C@H]5O)[C@H]4O[C@@H]4O[C@@H](C)[C@H](O)[C@@H](O)[C@@H]4O)C(C)(C)[C@@H]3CC[C@]12C. The molecule has 4 aliphatic heterocycles. The summed E-state index contributed by atoms with van der Waals surface area (Å²) in [5.41, 5.74) is -1.35. The molecule has 4 unspecified atom stereocenters. The summed E-state index contributed by atoms with van der Waals surface area (Å²) in [4.78, 5) is 13.6. The van der Waals surface area contributed by atoms with Gasteiger partial charge in [0.1, 0.15) is 85.6 Å². The standard InChI is InChI=1S/C52H86O21/c1-23(2)9-8-14-52(65,22-68-46-41(63)39(61)37(59)32(19-54)70-46)27-12-15-50(6)26(27)10-11-29-34-25(18-53)17-33(49(4,5)28(34)13-16-51(29,50)7)71-48-44(73-47-42(64)38(60)35(57)24(3)69-47)43(31(56)21-67-48)72-45-40(62)36(58)30(55)20-66-45/h9,18,24-48,54-65H,8,10-17,19-22H2,1-7H3/t24-,25?,26+,27-,28+,29+,30+,31?,32-,33-,34?,35-,36-,37-,38+,39+,40+,41-,42-,43+,44+,45-,46?,47-,48-,50+,51+,52+/m0/s1. The Morgan fingerprint density at radius 3 is 1.95 bits per heavy atom. The Labute approximate surface area is 427 Å². The molecule has 4 saturated carbocycles. The predicted octanol–water partition coefficient (Wildman–Crippen LogP) is -0.860. The normalized spacial score (nSPS) is 51.7. The molecule has 28 atom stereocenters. The van der Waals surface area contributed by atoms with E-state index >= 15 is 0 Å². The second-order valence-corrected chi connectivity index (χ2v) is 24.3. The molecule has 21 heteroatoms. The zero-order valence-electron chi connectivity index (χ0n) is 43.3. The summed E-state index contributed by atoms with van der Waals surface area (Å²) in [6.07, 6.45) is -18.4. The number of hydrogen-bond acceptors (Lipinski definition) is 21. The van der Waals surface area contributed by atoms with Gasteiger partial charge in [-0.2, -0.15) is 0 Å². The molecular formula is C52H86O21. The van der Waals surface area contributed by atoms with E-state index in [1.165, 1.54) is 6.92 Å². The minimum atomic E-state index is -1.77. The molecule has 8 aliphatic rings. The molecule has 0 radical (unpaired) electrons. The number of ether oxygens (including phenoxy) is 8. The first kappa shape index (κ1) is 57.8. The van der Waals surface area contributed by atoms with Crippen LogP contribution in [0.4, 0.5) is 0 Å². The van der Waals surface area contributed by atoms with Crippen molar-refractivity contribution in [2.75, 3.05) is 26.4 Å². The van der Waals surface area contributed by atoms with Gasteiger partial charge in [-0.3, -0.25) is 0 Å². The van der Waals surface area contributed by atoms with Crippen molar-refractivity contribution in [3.63, 3.8) is 0 Å². The van der Waals surface area contributed by atoms with Crippen molar-refractivity contribution in [3.8, 4) is 0 Å². The molecule has 0 spiro atoms. The maximum absolute atomic E-state index is 13.6. The van der Waals surface area contributed by atoms with Crippen LogP contribution in [0.15, 0.2) is 11.6 Å². The summed E-state index contributed by atoms with van der Waals surface area (Å²) in [6, 6.07) is 0. The van der Waals surface area contributed by atoms with Gasteiger partial charge in [0.2, 0.25) is 0 Å². The van der Waals surface area contributed by atoms with Crippen LogP contribution in [0, 0.1) is 51.8 Å². The number of carbonyl (C=O) groups excluding carboxylic acids is 1. The molecule has 0 amide bonds. The first-order chi connectivity index (χ1) is 34.3. The van der Waals surface area contributed by atoms with Gasteiger partial charge in [0, 0.05) is 5.92 Å². The Kier molecular flexibility index (Phi) is 17.7. The summed E-state index contributed by atoms with van der Waals surface area (Å²) in [5, 5.41) is 130. The fourth-order valence-electron chi connectivity index (χ4n) is 15.2. The Morgan fingerprint density at radius 1 is 0.658 bits per heavy atom. The number of aliphatic hydroxyl groups excluding tert-OH is 11. The maximum Gasteiger partial charge on any atom is 0.187 e. The zero-order valence-corrected chi connectivity index (χ0v) is 43.3. The maximum atomic E-state index is 13.6. The number of carbonyl (C=O) groups is 1. The van der Waals surface area contributed by atoms with E-state index in [1.807, 2.05) is 13.8 Å². The van der Waals surface area contributed by atoms with E-state index in [0.717, 1.165) is 44.0 Å². The average molecular weight is 1050 g/mol. The summed E-state index contributed by atoms with van der Waals surface area (Å²) in [5.74, 6) is -0.489. The Balaban J connectivity index is 1.03. The molecule has 0 aromatic rings. The van der Waals surface area contributed by atoms with E-state index in [2.05, 4.69) is 33.8 Å². The lowest BCUT2D eigenvalue weighted by atomic mass is 9.38. The number of aldehydes is 1. The number of rotatable bonds is 15. The van der Waals surface area contributed by atoms with Crippen LogP contribution in [-0.2, 0) is 42.7 Å². The van der Waals surface area contributed by atoms with Crippen LogP contribution in [0.25, 0.3) is 0 Å². The topological polar surface area (TPSA) is 334 Å². The van der Waals surface area contributed by atoms with E-state index in [0.29, 0.717) is 25.7 Å². The highest BCUT2D eigenvalue weighted by Gasteiger charge is 2.69. The van der Waals surface area contributed by atoms with Crippen LogP contribution in [0.2, 0.25) is 0 Å². The van der Waals surface area contributed by atoms with Crippen LogP contribution < -0.4 is 0 Å². The van der Waals surface area contributed by atoms with E-state index in [1.54, 1.807) is 0 Å². The van der Waals surface area contributed by atoms with Gasteiger partial charge in [0.15, 0.2) is 25.2 Å². The molecule has 21 nitrogen and oxygen atoms in total. The minimum Gasteiger partial charge on any atom is -0.394 e. The van der Waals surface area contributed by atoms with E-state index in [4.69, 9.17) is 37.9 Å². The molecule has 4 heterocycles. The fraction of sp³-hybridized carbons (Fsp3) is 0.942. The Morgan fingerprint density at radius 2 is 1.26 bits per heavy atom. The van der Waals surface area contributed by atoms with E-state index < -0.39 is 147 Å². The van der Waals surface area contributed by atoms with E-state index in [9.17, 15) is 66.1 Å². The third-order valence-corrected chi connectivity index (χ3v) is 19.7. The number of allylic oxidation sites excluding steroid dienone is 2. The van der Waals surface area contributed by atoms with Crippen LogP contribution in [-0.4, -0.2) is 216 Å². The number of fused-ring (bicyclic) bond motifs is 5. The van der Waals surface area contributed by atoms with Gasteiger partial charge in [-0.05, 0) is 124 Å². The van der Waals surface area contributed by atoms with Gasteiger partial charge in [-0.25, -0.2) is 0 Å². The van der Waals surface area contributed by atoms with Crippen molar-refractivity contribution in [2.24, 2.45) is 51.8 Å². The third-order valence-electron chi connectivity index (χ3n) is 19.7.